The van der Waals surface area contributed by atoms with Crippen LogP contribution in [0.2, 0.25) is 0 Å². The lowest BCUT2D eigenvalue weighted by Crippen LogP contribution is -2.38. The molecular weight excluding hydrogens is 262 g/mol. The highest BCUT2D eigenvalue weighted by Crippen LogP contribution is 2.32. The van der Waals surface area contributed by atoms with Gasteiger partial charge in [-0.3, -0.25) is 9.63 Å². The minimum absolute atomic E-state index is 0.0242. The van der Waals surface area contributed by atoms with Gasteiger partial charge in [0.05, 0.1) is 6.04 Å². The van der Waals surface area contributed by atoms with Crippen molar-refractivity contribution in [2.45, 2.75) is 31.9 Å². The van der Waals surface area contributed by atoms with Crippen LogP contribution in [0.25, 0.3) is 0 Å². The van der Waals surface area contributed by atoms with E-state index in [1.54, 1.807) is 5.06 Å². The number of carbonyl (C=O) groups is 1. The maximum Gasteiger partial charge on any atom is 0.246 e. The lowest BCUT2D eigenvalue weighted by Gasteiger charge is -2.34. The number of nitrogens with zero attached hydrogens (tertiary/aromatic N) is 1. The second kappa shape index (κ2) is 6.55. The van der Waals surface area contributed by atoms with Gasteiger partial charge in [-0.1, -0.05) is 60.7 Å². The smallest absolute Gasteiger partial charge is 0.246 e. The Hall–Kier alpha value is -2.13. The van der Waals surface area contributed by atoms with Crippen LogP contribution in [0.15, 0.2) is 60.7 Å². The first-order valence-electron chi connectivity index (χ1n) is 7.38. The summed E-state index contributed by atoms with van der Waals surface area (Å²) >= 11 is 0. The number of amides is 1. The van der Waals surface area contributed by atoms with Gasteiger partial charge in [0, 0.05) is 6.42 Å². The van der Waals surface area contributed by atoms with E-state index < -0.39 is 0 Å². The molecule has 108 valence electrons. The third-order valence-corrected chi connectivity index (χ3v) is 3.79. The summed E-state index contributed by atoms with van der Waals surface area (Å²) in [5.41, 5.74) is 2.21. The van der Waals surface area contributed by atoms with Crippen LogP contribution in [-0.4, -0.2) is 11.0 Å². The second-order valence-electron chi connectivity index (χ2n) is 5.30. The Balaban J connectivity index is 1.74. The topological polar surface area (TPSA) is 29.5 Å². The summed E-state index contributed by atoms with van der Waals surface area (Å²) in [7, 11) is 0. The van der Waals surface area contributed by atoms with Crippen molar-refractivity contribution in [3.05, 3.63) is 71.8 Å². The van der Waals surface area contributed by atoms with E-state index in [-0.39, 0.29) is 11.9 Å². The molecule has 3 heteroatoms. The van der Waals surface area contributed by atoms with Crippen molar-refractivity contribution in [2.75, 3.05) is 0 Å². The Labute approximate surface area is 125 Å². The number of hydrogen-bond donors (Lipinski definition) is 0. The average Bonchev–Trinajstić information content (AvgIpc) is 2.55. The van der Waals surface area contributed by atoms with Crippen LogP contribution < -0.4 is 0 Å². The lowest BCUT2D eigenvalue weighted by molar-refractivity contribution is -0.214. The largest absolute Gasteiger partial charge is 0.273 e. The molecule has 2 aromatic carbocycles. The fraction of sp³-hybridized carbons (Fsp3) is 0.278. The lowest BCUT2D eigenvalue weighted by atomic mass is 9.97. The van der Waals surface area contributed by atoms with Crippen LogP contribution >= 0.6 is 0 Å². The average molecular weight is 281 g/mol. The predicted molar refractivity (Wildman–Crippen MR) is 81.1 cm³/mol. The van der Waals surface area contributed by atoms with Crippen LogP contribution in [0.3, 0.4) is 0 Å². The summed E-state index contributed by atoms with van der Waals surface area (Å²) in [5.74, 6) is 0.0750. The Morgan fingerprint density at radius 1 is 1.00 bits per heavy atom. The monoisotopic (exact) mass is 281 g/mol. The van der Waals surface area contributed by atoms with Crippen LogP contribution in [0.5, 0.6) is 0 Å². The van der Waals surface area contributed by atoms with Crippen molar-refractivity contribution in [3.63, 3.8) is 0 Å². The molecule has 0 saturated carbocycles. The molecule has 3 rings (SSSR count). The summed E-state index contributed by atoms with van der Waals surface area (Å²) < 4.78 is 0. The molecule has 1 saturated heterocycles. The third kappa shape index (κ3) is 3.31. The van der Waals surface area contributed by atoms with Crippen molar-refractivity contribution >= 4 is 5.91 Å². The van der Waals surface area contributed by atoms with E-state index >= 15 is 0 Å². The summed E-state index contributed by atoms with van der Waals surface area (Å²) in [5, 5.41) is 1.58. The van der Waals surface area contributed by atoms with Gasteiger partial charge in [-0.2, -0.15) is 0 Å². The zero-order chi connectivity index (χ0) is 14.5. The van der Waals surface area contributed by atoms with Crippen LogP contribution in [-0.2, 0) is 16.2 Å². The number of rotatable bonds is 4. The molecule has 1 atom stereocenters. The molecule has 1 amide bonds. The highest BCUT2D eigenvalue weighted by molar-refractivity contribution is 5.76. The molecule has 1 heterocycles. The Bertz CT molecular complexity index is 583. The van der Waals surface area contributed by atoms with E-state index in [0.29, 0.717) is 13.0 Å². The number of hydrogen-bond acceptors (Lipinski definition) is 2. The van der Waals surface area contributed by atoms with Gasteiger partial charge in [-0.05, 0) is 24.0 Å². The number of hydroxylamine groups is 2. The van der Waals surface area contributed by atoms with Crippen LogP contribution in [0, 0.1) is 0 Å². The van der Waals surface area contributed by atoms with Crippen molar-refractivity contribution in [2.24, 2.45) is 0 Å². The van der Waals surface area contributed by atoms with Crippen molar-refractivity contribution in [1.29, 1.82) is 0 Å². The maximum absolute atomic E-state index is 12.2. The zero-order valence-corrected chi connectivity index (χ0v) is 11.9. The van der Waals surface area contributed by atoms with E-state index in [2.05, 4.69) is 12.1 Å². The minimum Gasteiger partial charge on any atom is -0.273 e. The predicted octanol–water partition coefficient (Wildman–Crippen LogP) is 3.87. The van der Waals surface area contributed by atoms with Gasteiger partial charge in [0.15, 0.2) is 0 Å². The first-order chi connectivity index (χ1) is 10.3. The van der Waals surface area contributed by atoms with E-state index in [9.17, 15) is 4.79 Å². The van der Waals surface area contributed by atoms with E-state index in [0.717, 1.165) is 24.0 Å². The van der Waals surface area contributed by atoms with Crippen molar-refractivity contribution in [1.82, 2.24) is 5.06 Å². The Morgan fingerprint density at radius 2 is 1.67 bits per heavy atom. The highest BCUT2D eigenvalue weighted by Gasteiger charge is 2.30. The molecule has 0 unspecified atom stereocenters. The zero-order valence-electron chi connectivity index (χ0n) is 11.9. The molecule has 21 heavy (non-hydrogen) atoms. The van der Waals surface area contributed by atoms with Crippen LogP contribution in [0.4, 0.5) is 0 Å². The van der Waals surface area contributed by atoms with Gasteiger partial charge in [0.25, 0.3) is 0 Å². The number of benzene rings is 2. The molecule has 0 aromatic heterocycles. The van der Waals surface area contributed by atoms with E-state index in [4.69, 9.17) is 4.84 Å². The van der Waals surface area contributed by atoms with Gasteiger partial charge in [0.1, 0.15) is 6.61 Å². The Kier molecular flexibility index (Phi) is 4.31. The first-order valence-corrected chi connectivity index (χ1v) is 7.38. The van der Waals surface area contributed by atoms with E-state index in [1.807, 2.05) is 48.5 Å². The molecule has 0 spiro atoms. The molecule has 1 aliphatic rings. The maximum atomic E-state index is 12.2. The molecule has 0 aliphatic carbocycles. The number of carbonyl (C=O) groups excluding carboxylic acids is 1. The van der Waals surface area contributed by atoms with Gasteiger partial charge in [-0.25, -0.2) is 5.06 Å². The van der Waals surface area contributed by atoms with E-state index in [1.165, 1.54) is 0 Å². The van der Waals surface area contributed by atoms with Crippen molar-refractivity contribution < 1.29 is 9.63 Å². The quantitative estimate of drug-likeness (QED) is 0.851. The SMILES string of the molecule is O=C1CCC[C@H](c2ccccc2)N1OCc1ccccc1. The van der Waals surface area contributed by atoms with Gasteiger partial charge in [0.2, 0.25) is 5.91 Å². The van der Waals surface area contributed by atoms with Crippen molar-refractivity contribution in [3.8, 4) is 0 Å². The summed E-state index contributed by atoms with van der Waals surface area (Å²) in [6.45, 7) is 0.427. The molecule has 3 nitrogen and oxygen atoms in total. The fourth-order valence-corrected chi connectivity index (χ4v) is 2.71. The second-order valence-corrected chi connectivity index (χ2v) is 5.30. The summed E-state index contributed by atoms with van der Waals surface area (Å²) in [4.78, 5) is 18.0. The van der Waals surface area contributed by atoms with Gasteiger partial charge >= 0.3 is 0 Å². The Morgan fingerprint density at radius 3 is 2.38 bits per heavy atom. The van der Waals surface area contributed by atoms with Crippen LogP contribution in [0.1, 0.15) is 36.4 Å². The number of piperidine rings is 1. The molecule has 0 N–H and O–H groups in total. The highest BCUT2D eigenvalue weighted by atomic mass is 16.7. The molecule has 2 aromatic rings. The standard InChI is InChI=1S/C18H19NO2/c20-18-13-7-12-17(16-10-5-2-6-11-16)19(18)21-14-15-8-3-1-4-9-15/h1-6,8-11,17H,7,12-14H2/t17-/m1/s1. The summed E-state index contributed by atoms with van der Waals surface area (Å²) in [6.07, 6.45) is 2.44. The molecule has 1 aliphatic heterocycles. The summed E-state index contributed by atoms with van der Waals surface area (Å²) in [6, 6.07) is 20.1. The fourth-order valence-electron chi connectivity index (χ4n) is 2.71. The molecular formula is C18H19NO2. The normalized spacial score (nSPS) is 18.8. The molecule has 0 bridgehead atoms. The first kappa shape index (κ1) is 13.8. The molecule has 0 radical (unpaired) electrons. The van der Waals surface area contributed by atoms with Gasteiger partial charge < -0.3 is 0 Å². The van der Waals surface area contributed by atoms with Gasteiger partial charge in [-0.15, -0.1) is 0 Å². The molecule has 1 fully saturated rings. The minimum atomic E-state index is 0.0242. The third-order valence-electron chi connectivity index (χ3n) is 3.79.